The summed E-state index contributed by atoms with van der Waals surface area (Å²) in [6, 6.07) is 24.7. The van der Waals surface area contributed by atoms with Crippen molar-refractivity contribution in [3.05, 3.63) is 101 Å². The van der Waals surface area contributed by atoms with E-state index in [1.54, 1.807) is 4.90 Å². The van der Waals surface area contributed by atoms with Gasteiger partial charge in [0.1, 0.15) is 11.9 Å². The van der Waals surface area contributed by atoms with Gasteiger partial charge in [0.25, 0.3) is 5.91 Å². The van der Waals surface area contributed by atoms with Crippen LogP contribution in [-0.2, 0) is 21.8 Å². The van der Waals surface area contributed by atoms with E-state index in [2.05, 4.69) is 5.32 Å². The van der Waals surface area contributed by atoms with Gasteiger partial charge >= 0.3 is 0 Å². The monoisotopic (exact) mass is 516 g/mol. The topological polar surface area (TPSA) is 74.1 Å². The number of fused-ring (bicyclic) bond motifs is 3. The van der Waals surface area contributed by atoms with Crippen LogP contribution in [0, 0.1) is 0 Å². The smallest absolute Gasteiger partial charge is 0.259 e. The molecule has 3 aromatic rings. The molecule has 5 rings (SSSR count). The number of carbonyl (C=O) groups excluding carboxylic acids is 2. The normalized spacial score (nSPS) is 16.2. The second-order valence-electron chi connectivity index (χ2n) is 8.59. The summed E-state index contributed by atoms with van der Waals surface area (Å²) >= 11 is 7.49. The van der Waals surface area contributed by atoms with Crippen molar-refractivity contribution in [1.29, 1.82) is 0 Å². The zero-order valence-corrected chi connectivity index (χ0v) is 21.1. The van der Waals surface area contributed by atoms with Crippen molar-refractivity contribution in [2.45, 2.75) is 31.1 Å². The van der Waals surface area contributed by atoms with E-state index < -0.39 is 6.04 Å². The molecule has 0 fully saturated rings. The van der Waals surface area contributed by atoms with Crippen molar-refractivity contribution in [3.63, 3.8) is 0 Å². The van der Waals surface area contributed by atoms with E-state index in [1.807, 2.05) is 78.9 Å². The van der Waals surface area contributed by atoms with Gasteiger partial charge in [-0.2, -0.15) is 0 Å². The Kier molecular flexibility index (Phi) is 7.49. The van der Waals surface area contributed by atoms with E-state index in [4.69, 9.17) is 21.6 Å². The molecule has 6 nitrogen and oxygen atoms in total. The number of amidine groups is 2. The molecule has 1 N–H and O–H groups in total. The number of halogens is 1. The number of nitrogens with zero attached hydrogens (tertiary/aromatic N) is 3. The molecule has 2 amide bonds. The fourth-order valence-electron chi connectivity index (χ4n) is 4.16. The Bertz CT molecular complexity index is 1320. The van der Waals surface area contributed by atoms with E-state index in [9.17, 15) is 9.59 Å². The number of hydrogen-bond acceptors (Lipinski definition) is 5. The predicted molar refractivity (Wildman–Crippen MR) is 146 cm³/mol. The van der Waals surface area contributed by atoms with Gasteiger partial charge in [0.15, 0.2) is 5.17 Å². The van der Waals surface area contributed by atoms with Gasteiger partial charge in [0.2, 0.25) is 5.91 Å². The van der Waals surface area contributed by atoms with E-state index in [0.717, 1.165) is 23.2 Å². The Balaban J connectivity index is 1.24. The Hall–Kier alpha value is -3.42. The lowest BCUT2D eigenvalue weighted by atomic mass is 10.1. The minimum Gasteiger partial charge on any atom is -0.356 e. The van der Waals surface area contributed by atoms with Gasteiger partial charge in [-0.05, 0) is 48.2 Å². The first-order chi connectivity index (χ1) is 17.6. The van der Waals surface area contributed by atoms with Crippen LogP contribution in [0.4, 0.5) is 5.69 Å². The van der Waals surface area contributed by atoms with Gasteiger partial charge in [0.05, 0.1) is 5.69 Å². The molecule has 0 bridgehead atoms. The molecule has 2 aliphatic heterocycles. The Morgan fingerprint density at radius 3 is 2.53 bits per heavy atom. The summed E-state index contributed by atoms with van der Waals surface area (Å²) in [5.74, 6) is 1.04. The van der Waals surface area contributed by atoms with Crippen molar-refractivity contribution >= 4 is 51.9 Å². The third-order valence-electron chi connectivity index (χ3n) is 6.05. The van der Waals surface area contributed by atoms with E-state index >= 15 is 0 Å². The lowest BCUT2D eigenvalue weighted by Gasteiger charge is -2.25. The Morgan fingerprint density at radius 1 is 0.972 bits per heavy atom. The number of amides is 2. The number of nitrogens with one attached hydrogen (secondary N) is 1. The minimum absolute atomic E-state index is 0.0739. The molecule has 0 aromatic heterocycles. The molecule has 2 heterocycles. The summed E-state index contributed by atoms with van der Waals surface area (Å²) in [6.07, 6.45) is 1.36. The maximum atomic E-state index is 13.4. The van der Waals surface area contributed by atoms with Crippen LogP contribution < -0.4 is 5.32 Å². The molecular weight excluding hydrogens is 492 g/mol. The average Bonchev–Trinajstić information content (AvgIpc) is 3.24. The van der Waals surface area contributed by atoms with Crippen LogP contribution in [0.1, 0.15) is 29.5 Å². The average molecular weight is 517 g/mol. The fourth-order valence-corrected chi connectivity index (χ4v) is 5.25. The van der Waals surface area contributed by atoms with Crippen molar-refractivity contribution < 1.29 is 9.59 Å². The summed E-state index contributed by atoms with van der Waals surface area (Å²) in [5, 5.41) is 4.23. The van der Waals surface area contributed by atoms with Gasteiger partial charge in [-0.15, -0.1) is 0 Å². The maximum Gasteiger partial charge on any atom is 0.259 e. The molecule has 0 aliphatic carbocycles. The van der Waals surface area contributed by atoms with Crippen LogP contribution in [-0.4, -0.2) is 40.3 Å². The zero-order valence-electron chi connectivity index (χ0n) is 19.6. The lowest BCUT2D eigenvalue weighted by molar-refractivity contribution is -0.125. The second kappa shape index (κ2) is 11.1. The number of rotatable bonds is 8. The molecule has 0 unspecified atom stereocenters. The lowest BCUT2D eigenvalue weighted by Crippen LogP contribution is -2.41. The predicted octanol–water partition coefficient (Wildman–Crippen LogP) is 5.37. The van der Waals surface area contributed by atoms with Crippen LogP contribution in [0.2, 0.25) is 5.02 Å². The molecule has 3 aromatic carbocycles. The highest BCUT2D eigenvalue weighted by Crippen LogP contribution is 2.35. The molecule has 2 aliphatic rings. The highest BCUT2D eigenvalue weighted by Gasteiger charge is 2.41. The third kappa shape index (κ3) is 5.53. The van der Waals surface area contributed by atoms with Crippen LogP contribution in [0.25, 0.3) is 0 Å². The van der Waals surface area contributed by atoms with Gasteiger partial charge in [-0.1, -0.05) is 78.0 Å². The van der Waals surface area contributed by atoms with Gasteiger partial charge in [-0.25, -0.2) is 9.89 Å². The highest BCUT2D eigenvalue weighted by molar-refractivity contribution is 8.13. The van der Waals surface area contributed by atoms with Gasteiger partial charge < -0.3 is 5.32 Å². The summed E-state index contributed by atoms with van der Waals surface area (Å²) in [4.78, 5) is 37.0. The molecular formula is C28H25ClN4O2S. The van der Waals surface area contributed by atoms with Crippen LogP contribution in [0.15, 0.2) is 88.8 Å². The van der Waals surface area contributed by atoms with Crippen LogP contribution in [0.5, 0.6) is 0 Å². The molecule has 182 valence electrons. The standard InChI is InChI=1S/C28H25ClN4O2S/c29-21-12-10-20(11-13-21)18-36-28-32-23-9-5-4-8-22(23)26-31-24(27(35)33(26)28)14-15-25(34)30-17-16-19-6-2-1-3-7-19/h1-13,24H,14-18H2,(H,30,34)/t24-/m0/s1. The quantitative estimate of drug-likeness (QED) is 0.437. The number of carbonyl (C=O) groups is 2. The largest absolute Gasteiger partial charge is 0.356 e. The number of benzene rings is 3. The maximum absolute atomic E-state index is 13.4. The first kappa shape index (κ1) is 24.3. The SMILES string of the molecule is O=C(CC[C@@H]1N=C2c3ccccc3N=C(SCc3ccc(Cl)cc3)N2C1=O)NCCc1ccccc1. The van der Waals surface area contributed by atoms with E-state index in [0.29, 0.717) is 34.7 Å². The van der Waals surface area contributed by atoms with Crippen molar-refractivity contribution in [2.75, 3.05) is 6.54 Å². The van der Waals surface area contributed by atoms with Crippen LogP contribution >= 0.6 is 23.4 Å². The highest BCUT2D eigenvalue weighted by atomic mass is 35.5. The summed E-state index contributed by atoms with van der Waals surface area (Å²) in [5.41, 5.74) is 3.88. The fraction of sp³-hybridized carbons (Fsp3) is 0.214. The molecule has 1 atom stereocenters. The van der Waals surface area contributed by atoms with Crippen molar-refractivity contribution in [3.8, 4) is 0 Å². The third-order valence-corrected chi connectivity index (χ3v) is 7.31. The first-order valence-corrected chi connectivity index (χ1v) is 13.2. The number of aliphatic imine (C=N–C) groups is 2. The number of para-hydroxylation sites is 1. The van der Waals surface area contributed by atoms with Crippen molar-refractivity contribution in [2.24, 2.45) is 9.98 Å². The minimum atomic E-state index is -0.604. The van der Waals surface area contributed by atoms with E-state index in [-0.39, 0.29) is 18.2 Å². The zero-order chi connectivity index (χ0) is 24.9. The second-order valence-corrected chi connectivity index (χ2v) is 9.97. The molecule has 8 heteroatoms. The Labute approximate surface area is 219 Å². The molecule has 0 saturated carbocycles. The molecule has 0 saturated heterocycles. The molecule has 0 radical (unpaired) electrons. The summed E-state index contributed by atoms with van der Waals surface area (Å²) in [7, 11) is 0. The first-order valence-electron chi connectivity index (χ1n) is 11.9. The molecule has 36 heavy (non-hydrogen) atoms. The summed E-state index contributed by atoms with van der Waals surface area (Å²) in [6.45, 7) is 0.563. The van der Waals surface area contributed by atoms with Gasteiger partial charge in [0, 0.05) is 29.3 Å². The van der Waals surface area contributed by atoms with Crippen LogP contribution in [0.3, 0.4) is 0 Å². The van der Waals surface area contributed by atoms with Crippen molar-refractivity contribution in [1.82, 2.24) is 10.2 Å². The number of thioether (sulfide) groups is 1. The summed E-state index contributed by atoms with van der Waals surface area (Å²) < 4.78 is 0. The number of hydrogen-bond donors (Lipinski definition) is 1. The van der Waals surface area contributed by atoms with E-state index in [1.165, 1.54) is 17.3 Å². The molecule has 0 spiro atoms. The van der Waals surface area contributed by atoms with Gasteiger partial charge in [-0.3, -0.25) is 14.6 Å². The Morgan fingerprint density at radius 2 is 1.72 bits per heavy atom.